The van der Waals surface area contributed by atoms with E-state index in [1.807, 2.05) is 6.92 Å². The fourth-order valence-electron chi connectivity index (χ4n) is 3.44. The third-order valence-electron chi connectivity index (χ3n) is 4.92. The van der Waals surface area contributed by atoms with Crippen molar-refractivity contribution in [2.45, 2.75) is 27.9 Å². The molecule has 3 atom stereocenters. The third kappa shape index (κ3) is 5.04. The second kappa shape index (κ2) is 9.93. The molecule has 2 unspecified atom stereocenters. The monoisotopic (exact) mass is 505 g/mol. The zero-order valence-electron chi connectivity index (χ0n) is 17.3. The number of aliphatic carboxylic acids is 1. The summed E-state index contributed by atoms with van der Waals surface area (Å²) in [5.74, 6) is -1.99. The van der Waals surface area contributed by atoms with Gasteiger partial charge in [0.2, 0.25) is 5.91 Å². The molecule has 172 valence electrons. The first-order valence-corrected chi connectivity index (χ1v) is 12.6. The van der Waals surface area contributed by atoms with Gasteiger partial charge in [-0.2, -0.15) is 0 Å². The van der Waals surface area contributed by atoms with Crippen LogP contribution in [0.4, 0.5) is 5.69 Å². The Kier molecular flexibility index (Phi) is 7.00. The number of nitrogens with zero attached hydrogens (tertiary/aromatic N) is 3. The van der Waals surface area contributed by atoms with Gasteiger partial charge in [0.25, 0.3) is 5.91 Å². The number of carboxylic acids is 1. The lowest BCUT2D eigenvalue weighted by Crippen LogP contribution is -2.70. The Bertz CT molecular complexity index is 1120. The summed E-state index contributed by atoms with van der Waals surface area (Å²) in [5, 5.41) is 22.0. The highest BCUT2D eigenvalue weighted by Gasteiger charge is 2.53. The standard InChI is InChI=1S/C20H19N5O5S3/c1-10-6-13(19(29)30)25-17(28)16(18(25)33-10)23-15(27)7-21-12-5-3-2-4-11(12)14(26)8-31-20-24-22-9-32-20/h2-6,9-10,16,18,21H,7-8H2,1H3,(H,23,27)(H,29,30)/t10?,16?,18-/m1/s1. The summed E-state index contributed by atoms with van der Waals surface area (Å²) in [6.45, 7) is 1.69. The number of thioether (sulfide) groups is 2. The normalized spacial score (nSPS) is 21.5. The van der Waals surface area contributed by atoms with Gasteiger partial charge in [-0.15, -0.1) is 22.0 Å². The van der Waals surface area contributed by atoms with Crippen LogP contribution in [0.2, 0.25) is 0 Å². The number of para-hydroxylation sites is 1. The summed E-state index contributed by atoms with van der Waals surface area (Å²) in [6.07, 6.45) is 1.53. The molecule has 1 saturated heterocycles. The van der Waals surface area contributed by atoms with Gasteiger partial charge in [0.15, 0.2) is 10.1 Å². The molecule has 0 spiro atoms. The van der Waals surface area contributed by atoms with Gasteiger partial charge < -0.3 is 15.7 Å². The number of nitrogens with one attached hydrogen (secondary N) is 2. The Morgan fingerprint density at radius 1 is 1.27 bits per heavy atom. The number of ketones is 1. The van der Waals surface area contributed by atoms with E-state index in [1.165, 1.54) is 45.8 Å². The molecule has 2 aliphatic heterocycles. The zero-order chi connectivity index (χ0) is 23.5. The zero-order valence-corrected chi connectivity index (χ0v) is 19.7. The first-order valence-electron chi connectivity index (χ1n) is 9.83. The van der Waals surface area contributed by atoms with Gasteiger partial charge in [0, 0.05) is 16.5 Å². The molecule has 3 heterocycles. The predicted octanol–water partition coefficient (Wildman–Crippen LogP) is 1.68. The number of aromatic nitrogens is 2. The Balaban J connectivity index is 1.34. The maximum atomic E-state index is 12.6. The Hall–Kier alpha value is -2.90. The van der Waals surface area contributed by atoms with Crippen molar-refractivity contribution in [3.8, 4) is 0 Å². The number of amides is 2. The van der Waals surface area contributed by atoms with Gasteiger partial charge in [-0.25, -0.2) is 4.79 Å². The number of hydrogen-bond acceptors (Lipinski definition) is 10. The number of β-lactam (4-membered cyclic amide) rings is 1. The van der Waals surface area contributed by atoms with E-state index in [-0.39, 0.29) is 29.0 Å². The number of rotatable bonds is 9. The maximum Gasteiger partial charge on any atom is 0.352 e. The Morgan fingerprint density at radius 3 is 2.79 bits per heavy atom. The van der Waals surface area contributed by atoms with Crippen molar-refractivity contribution in [2.75, 3.05) is 17.6 Å². The van der Waals surface area contributed by atoms with E-state index in [0.29, 0.717) is 15.6 Å². The number of carbonyl (C=O) groups excluding carboxylic acids is 3. The fourth-order valence-corrected chi connectivity index (χ4v) is 6.14. The van der Waals surface area contributed by atoms with Gasteiger partial charge in [-0.3, -0.25) is 19.3 Å². The van der Waals surface area contributed by atoms with Crippen molar-refractivity contribution in [3.05, 3.63) is 47.1 Å². The minimum atomic E-state index is -1.17. The van der Waals surface area contributed by atoms with Crippen LogP contribution >= 0.6 is 34.9 Å². The summed E-state index contributed by atoms with van der Waals surface area (Å²) < 4.78 is 0.697. The van der Waals surface area contributed by atoms with Crippen LogP contribution < -0.4 is 10.6 Å². The summed E-state index contributed by atoms with van der Waals surface area (Å²) in [4.78, 5) is 50.2. The molecular formula is C20H19N5O5S3. The number of benzene rings is 1. The molecule has 1 fully saturated rings. The Morgan fingerprint density at radius 2 is 2.06 bits per heavy atom. The molecule has 0 aliphatic carbocycles. The van der Waals surface area contributed by atoms with Crippen molar-refractivity contribution < 1.29 is 24.3 Å². The lowest BCUT2D eigenvalue weighted by molar-refractivity contribution is -0.150. The highest BCUT2D eigenvalue weighted by Crippen LogP contribution is 2.40. The lowest BCUT2D eigenvalue weighted by atomic mass is 10.0. The van der Waals surface area contributed by atoms with Crippen LogP contribution in [0.25, 0.3) is 0 Å². The average Bonchev–Trinajstić information content (AvgIpc) is 3.33. The molecule has 33 heavy (non-hydrogen) atoms. The largest absolute Gasteiger partial charge is 0.477 e. The van der Waals surface area contributed by atoms with Crippen molar-refractivity contribution >= 4 is 64.1 Å². The first-order chi connectivity index (χ1) is 15.8. The van der Waals surface area contributed by atoms with Crippen LogP contribution in [0, 0.1) is 0 Å². The van der Waals surface area contributed by atoms with E-state index in [9.17, 15) is 24.3 Å². The molecule has 1 aromatic carbocycles. The molecular weight excluding hydrogens is 486 g/mol. The van der Waals surface area contributed by atoms with Crippen molar-refractivity contribution in [1.82, 2.24) is 20.4 Å². The number of carbonyl (C=O) groups is 4. The van der Waals surface area contributed by atoms with Crippen LogP contribution in [0.3, 0.4) is 0 Å². The van der Waals surface area contributed by atoms with Crippen LogP contribution in [0.1, 0.15) is 17.3 Å². The number of anilines is 1. The highest BCUT2D eigenvalue weighted by atomic mass is 32.2. The van der Waals surface area contributed by atoms with Crippen LogP contribution in [0.15, 0.2) is 45.9 Å². The fraction of sp³-hybridized carbons (Fsp3) is 0.300. The molecule has 3 N–H and O–H groups in total. The van der Waals surface area contributed by atoms with E-state index in [2.05, 4.69) is 20.8 Å². The lowest BCUT2D eigenvalue weighted by Gasteiger charge is -2.49. The average molecular weight is 506 g/mol. The Labute approximate surface area is 201 Å². The summed E-state index contributed by atoms with van der Waals surface area (Å²) >= 11 is 4.06. The smallest absolute Gasteiger partial charge is 0.352 e. The molecule has 2 aliphatic rings. The summed E-state index contributed by atoms with van der Waals surface area (Å²) in [6, 6.07) is 6.08. The predicted molar refractivity (Wildman–Crippen MR) is 125 cm³/mol. The summed E-state index contributed by atoms with van der Waals surface area (Å²) in [7, 11) is 0. The number of hydrogen-bond donors (Lipinski definition) is 3. The van der Waals surface area contributed by atoms with Gasteiger partial charge in [0.1, 0.15) is 22.6 Å². The molecule has 0 bridgehead atoms. The van der Waals surface area contributed by atoms with Gasteiger partial charge in [0.05, 0.1) is 12.3 Å². The number of fused-ring (bicyclic) bond motifs is 1. The molecule has 4 rings (SSSR count). The second-order valence-electron chi connectivity index (χ2n) is 7.16. The van der Waals surface area contributed by atoms with Gasteiger partial charge in [-0.05, 0) is 25.1 Å². The van der Waals surface area contributed by atoms with E-state index < -0.39 is 29.2 Å². The van der Waals surface area contributed by atoms with Crippen LogP contribution in [0.5, 0.6) is 0 Å². The molecule has 2 aromatic rings. The van der Waals surface area contributed by atoms with Crippen molar-refractivity contribution in [3.63, 3.8) is 0 Å². The maximum absolute atomic E-state index is 12.6. The molecule has 10 nitrogen and oxygen atoms in total. The minimum Gasteiger partial charge on any atom is -0.477 e. The van der Waals surface area contributed by atoms with E-state index in [1.54, 1.807) is 29.8 Å². The van der Waals surface area contributed by atoms with E-state index in [4.69, 9.17) is 0 Å². The third-order valence-corrected chi connectivity index (χ3v) is 8.11. The minimum absolute atomic E-state index is 0.0567. The van der Waals surface area contributed by atoms with Crippen LogP contribution in [-0.4, -0.2) is 72.7 Å². The SMILES string of the molecule is CC1C=C(C(=O)O)N2C(=O)C(NC(=O)CNc3ccccc3C(=O)CSc3nncs3)[C@H]2S1. The van der Waals surface area contributed by atoms with Crippen molar-refractivity contribution in [2.24, 2.45) is 0 Å². The van der Waals surface area contributed by atoms with Crippen LogP contribution in [-0.2, 0) is 14.4 Å². The van der Waals surface area contributed by atoms with Gasteiger partial charge >= 0.3 is 5.97 Å². The topological polar surface area (TPSA) is 142 Å². The number of carboxylic acid groups (broad SMARTS) is 1. The molecule has 1 aromatic heterocycles. The first kappa shape index (κ1) is 23.3. The van der Waals surface area contributed by atoms with Crippen molar-refractivity contribution in [1.29, 1.82) is 0 Å². The summed E-state index contributed by atoms with van der Waals surface area (Å²) in [5.41, 5.74) is 2.49. The molecule has 0 saturated carbocycles. The quantitative estimate of drug-likeness (QED) is 0.262. The highest BCUT2D eigenvalue weighted by molar-refractivity contribution is 8.01. The molecule has 0 radical (unpaired) electrons. The van der Waals surface area contributed by atoms with E-state index >= 15 is 0 Å². The van der Waals surface area contributed by atoms with Gasteiger partial charge in [-0.1, -0.05) is 35.2 Å². The van der Waals surface area contributed by atoms with E-state index in [0.717, 1.165) is 0 Å². The molecule has 2 amide bonds. The molecule has 13 heteroatoms. The second-order valence-corrected chi connectivity index (χ2v) is 10.7. The number of Topliss-reactive ketones (excluding diaryl/α,β-unsaturated/α-hetero) is 1.